The van der Waals surface area contributed by atoms with E-state index in [-0.39, 0.29) is 29.1 Å². The minimum atomic E-state index is -0.482. The third kappa shape index (κ3) is 5.02. The number of likely N-dealkylation sites (tertiary alicyclic amines) is 1. The quantitative estimate of drug-likeness (QED) is 0.501. The molecule has 3 aromatic rings. The zero-order valence-corrected chi connectivity index (χ0v) is 22.9. The third-order valence-electron chi connectivity index (χ3n) is 7.71. The smallest absolute Gasteiger partial charge is 0.410 e. The average Bonchev–Trinajstić information content (AvgIpc) is 3.16. The first-order chi connectivity index (χ1) is 18.6. The Morgan fingerprint density at radius 1 is 1.10 bits per heavy atom. The number of nitrogens with zero attached hydrogens (tertiary/aromatic N) is 7. The summed E-state index contributed by atoms with van der Waals surface area (Å²) in [6.07, 6.45) is 7.73. The lowest BCUT2D eigenvalue weighted by Crippen LogP contribution is -2.73. The topological polar surface area (TPSA) is 101 Å². The molecule has 0 unspecified atom stereocenters. The maximum absolute atomic E-state index is 14.9. The van der Waals surface area contributed by atoms with Crippen LogP contribution < -0.4 is 10.2 Å². The van der Waals surface area contributed by atoms with Crippen LogP contribution in [0.5, 0.6) is 0 Å². The second-order valence-electron chi connectivity index (χ2n) is 12.2. The van der Waals surface area contributed by atoms with E-state index in [9.17, 15) is 9.18 Å². The zero-order chi connectivity index (χ0) is 27.4. The first-order valence-electron chi connectivity index (χ1n) is 13.6. The lowest BCUT2D eigenvalue weighted by molar-refractivity contribution is -0.0453. The van der Waals surface area contributed by atoms with E-state index in [1.807, 2.05) is 43.8 Å². The Morgan fingerprint density at radius 3 is 2.62 bits per heavy atom. The maximum Gasteiger partial charge on any atom is 0.410 e. The van der Waals surface area contributed by atoms with Crippen LogP contribution in [0.25, 0.3) is 11.3 Å². The van der Waals surface area contributed by atoms with Crippen molar-refractivity contribution >= 4 is 23.5 Å². The van der Waals surface area contributed by atoms with Crippen molar-refractivity contribution in [1.29, 1.82) is 0 Å². The van der Waals surface area contributed by atoms with Crippen LogP contribution in [0.2, 0.25) is 0 Å². The Morgan fingerprint density at radius 2 is 1.90 bits per heavy atom. The summed E-state index contributed by atoms with van der Waals surface area (Å²) in [7, 11) is 0. The monoisotopic (exact) mass is 534 g/mol. The largest absolute Gasteiger partial charge is 0.444 e. The van der Waals surface area contributed by atoms with E-state index >= 15 is 0 Å². The van der Waals surface area contributed by atoms with E-state index < -0.39 is 11.4 Å². The van der Waals surface area contributed by atoms with Crippen LogP contribution in [0.1, 0.15) is 58.6 Å². The van der Waals surface area contributed by atoms with Gasteiger partial charge in [-0.2, -0.15) is 5.10 Å². The molecular weight excluding hydrogens is 499 g/mol. The van der Waals surface area contributed by atoms with Gasteiger partial charge in [0.05, 0.1) is 30.0 Å². The van der Waals surface area contributed by atoms with Gasteiger partial charge in [-0.1, -0.05) is 13.3 Å². The van der Waals surface area contributed by atoms with E-state index in [2.05, 4.69) is 37.2 Å². The molecule has 11 heteroatoms. The van der Waals surface area contributed by atoms with Crippen LogP contribution >= 0.6 is 0 Å². The van der Waals surface area contributed by atoms with Crippen LogP contribution in [0.15, 0.2) is 30.7 Å². The number of hydrogen-bond donors (Lipinski definition) is 1. The third-order valence-corrected chi connectivity index (χ3v) is 7.71. The zero-order valence-electron chi connectivity index (χ0n) is 22.9. The number of nitrogens with one attached hydrogen (secondary N) is 1. The normalized spacial score (nSPS) is 20.1. The predicted molar refractivity (Wildman–Crippen MR) is 145 cm³/mol. The molecular formula is C28H35FN8O2. The Kier molecular flexibility index (Phi) is 6.19. The van der Waals surface area contributed by atoms with Gasteiger partial charge in [0.25, 0.3) is 0 Å². The number of ether oxygens (including phenoxy) is 1. The SMILES string of the molecule is C[C@@H]1CCCCn2ncc(-c3nc(Nc4ccc(N5CC6(CN(C(=O)OC(C)(C)C)C6)C5)cn4)ncc3F)c21. The van der Waals surface area contributed by atoms with Crippen molar-refractivity contribution in [2.45, 2.75) is 65.0 Å². The fraction of sp³-hybridized carbons (Fsp3) is 0.536. The predicted octanol–water partition coefficient (Wildman–Crippen LogP) is 4.96. The van der Waals surface area contributed by atoms with Gasteiger partial charge in [-0.05, 0) is 51.7 Å². The van der Waals surface area contributed by atoms with Gasteiger partial charge in [0.1, 0.15) is 17.1 Å². The number of aryl methyl sites for hydroxylation is 1. The van der Waals surface area contributed by atoms with Crippen LogP contribution in [0.3, 0.4) is 0 Å². The van der Waals surface area contributed by atoms with Crippen molar-refractivity contribution in [2.75, 3.05) is 36.4 Å². The number of halogens is 1. The summed E-state index contributed by atoms with van der Waals surface area (Å²) in [5.74, 6) is 0.677. The van der Waals surface area contributed by atoms with Crippen LogP contribution in [-0.4, -0.2) is 67.5 Å². The second kappa shape index (κ2) is 9.46. The molecule has 3 aliphatic heterocycles. The molecule has 3 aromatic heterocycles. The van der Waals surface area contributed by atoms with E-state index in [1.165, 1.54) is 6.20 Å². The molecule has 39 heavy (non-hydrogen) atoms. The lowest BCUT2D eigenvalue weighted by Gasteiger charge is -2.60. The molecule has 2 saturated heterocycles. The Bertz CT molecular complexity index is 1370. The van der Waals surface area contributed by atoms with Crippen molar-refractivity contribution in [1.82, 2.24) is 29.6 Å². The van der Waals surface area contributed by atoms with Crippen LogP contribution in [0.4, 0.5) is 26.6 Å². The van der Waals surface area contributed by atoms with Gasteiger partial charge >= 0.3 is 6.09 Å². The summed E-state index contributed by atoms with van der Waals surface area (Å²) < 4.78 is 22.3. The summed E-state index contributed by atoms with van der Waals surface area (Å²) in [5, 5.41) is 7.62. The Hall–Kier alpha value is -3.76. The molecule has 0 radical (unpaired) electrons. The van der Waals surface area contributed by atoms with Gasteiger partial charge in [0.15, 0.2) is 5.82 Å². The molecule has 0 aliphatic carbocycles. The number of fused-ring (bicyclic) bond motifs is 1. The van der Waals surface area contributed by atoms with Crippen molar-refractivity contribution in [3.63, 3.8) is 0 Å². The molecule has 1 amide bonds. The van der Waals surface area contributed by atoms with Crippen molar-refractivity contribution in [3.8, 4) is 11.3 Å². The number of amides is 1. The van der Waals surface area contributed by atoms with Gasteiger partial charge in [-0.25, -0.2) is 24.1 Å². The van der Waals surface area contributed by atoms with E-state index in [0.717, 1.165) is 68.9 Å². The number of hydrogen-bond acceptors (Lipinski definition) is 8. The Labute approximate surface area is 227 Å². The molecule has 0 saturated carbocycles. The molecule has 1 spiro atoms. The minimum absolute atomic E-state index is 0.135. The molecule has 0 aromatic carbocycles. The summed E-state index contributed by atoms with van der Waals surface area (Å²) in [6, 6.07) is 3.87. The lowest BCUT2D eigenvalue weighted by atomic mass is 9.73. The number of carbonyl (C=O) groups excluding carboxylic acids is 1. The molecule has 6 rings (SSSR count). The highest BCUT2D eigenvalue weighted by Crippen LogP contribution is 2.42. The maximum atomic E-state index is 14.9. The molecule has 1 atom stereocenters. The van der Waals surface area contributed by atoms with Crippen LogP contribution in [-0.2, 0) is 11.3 Å². The van der Waals surface area contributed by atoms with Crippen molar-refractivity contribution < 1.29 is 13.9 Å². The Balaban J connectivity index is 1.09. The number of rotatable bonds is 4. The van der Waals surface area contributed by atoms with Crippen molar-refractivity contribution in [3.05, 3.63) is 42.2 Å². The summed E-state index contributed by atoms with van der Waals surface area (Å²) in [4.78, 5) is 29.4. The average molecular weight is 535 g/mol. The van der Waals surface area contributed by atoms with E-state index in [4.69, 9.17) is 4.74 Å². The molecule has 1 N–H and O–H groups in total. The van der Waals surface area contributed by atoms with E-state index in [1.54, 1.807) is 11.1 Å². The fourth-order valence-electron chi connectivity index (χ4n) is 5.87. The second-order valence-corrected chi connectivity index (χ2v) is 12.2. The number of carbonyl (C=O) groups is 1. The first kappa shape index (κ1) is 25.5. The molecule has 6 heterocycles. The minimum Gasteiger partial charge on any atom is -0.444 e. The molecule has 10 nitrogen and oxygen atoms in total. The van der Waals surface area contributed by atoms with Gasteiger partial charge in [-0.3, -0.25) is 4.68 Å². The number of pyridine rings is 1. The van der Waals surface area contributed by atoms with Gasteiger partial charge in [0.2, 0.25) is 5.95 Å². The summed E-state index contributed by atoms with van der Waals surface area (Å²) in [6.45, 7) is 11.8. The fourth-order valence-corrected chi connectivity index (χ4v) is 5.87. The molecule has 0 bridgehead atoms. The van der Waals surface area contributed by atoms with Gasteiger partial charge in [-0.15, -0.1) is 0 Å². The molecule has 2 fully saturated rings. The van der Waals surface area contributed by atoms with Crippen molar-refractivity contribution in [2.24, 2.45) is 5.41 Å². The highest BCUT2D eigenvalue weighted by molar-refractivity contribution is 5.70. The van der Waals surface area contributed by atoms with Gasteiger partial charge < -0.3 is 19.9 Å². The number of anilines is 3. The standard InChI is InChI=1S/C28H35FN8O2/c1-18-7-5-6-10-37-24(18)20(12-32-37)23-21(29)13-31-25(34-23)33-22-9-8-19(11-30-22)35-14-28(15-35)16-36(17-28)26(38)39-27(2,3)4/h8-9,11-13,18H,5-7,10,14-17H2,1-4H3,(H,30,31,33,34)/t18-/m1/s1. The van der Waals surface area contributed by atoms with Gasteiger partial charge in [0, 0.05) is 43.7 Å². The molecule has 3 aliphatic rings. The first-order valence-corrected chi connectivity index (χ1v) is 13.6. The summed E-state index contributed by atoms with van der Waals surface area (Å²) >= 11 is 0. The highest BCUT2D eigenvalue weighted by atomic mass is 19.1. The van der Waals surface area contributed by atoms with Crippen LogP contribution in [0, 0.1) is 11.2 Å². The molecule has 206 valence electrons. The highest BCUT2D eigenvalue weighted by Gasteiger charge is 2.54. The summed E-state index contributed by atoms with van der Waals surface area (Å²) in [5.41, 5.74) is 2.68. The van der Waals surface area contributed by atoms with E-state index in [0.29, 0.717) is 5.82 Å². The number of aromatic nitrogens is 5.